The van der Waals surface area contributed by atoms with Crippen molar-refractivity contribution in [3.63, 3.8) is 0 Å². The SMILES string of the molecule is CNCc1cc(S(=O)(=O)Nc2nncs2)c(Cl)cc1Cl. The number of anilines is 1. The summed E-state index contributed by atoms with van der Waals surface area (Å²) < 4.78 is 26.8. The third-order valence-electron chi connectivity index (χ3n) is 2.34. The first kappa shape index (κ1) is 15.5. The fourth-order valence-corrected chi connectivity index (χ4v) is 4.05. The van der Waals surface area contributed by atoms with E-state index in [0.29, 0.717) is 17.1 Å². The highest BCUT2D eigenvalue weighted by atomic mass is 35.5. The number of benzene rings is 1. The Morgan fingerprint density at radius 2 is 2.05 bits per heavy atom. The normalized spacial score (nSPS) is 11.6. The van der Waals surface area contributed by atoms with Crippen LogP contribution in [0.25, 0.3) is 0 Å². The summed E-state index contributed by atoms with van der Waals surface area (Å²) in [5, 5.41) is 10.7. The number of aromatic nitrogens is 2. The smallest absolute Gasteiger partial charge is 0.265 e. The van der Waals surface area contributed by atoms with E-state index in [1.165, 1.54) is 17.6 Å². The van der Waals surface area contributed by atoms with Crippen LogP contribution in [0.4, 0.5) is 5.13 Å². The van der Waals surface area contributed by atoms with Crippen LogP contribution in [0.1, 0.15) is 5.56 Å². The summed E-state index contributed by atoms with van der Waals surface area (Å²) in [4.78, 5) is -0.0518. The molecular weight excluding hydrogens is 343 g/mol. The lowest BCUT2D eigenvalue weighted by Gasteiger charge is -2.10. The van der Waals surface area contributed by atoms with Crippen LogP contribution in [-0.2, 0) is 16.6 Å². The zero-order valence-electron chi connectivity index (χ0n) is 10.2. The van der Waals surface area contributed by atoms with Crippen LogP contribution in [0.15, 0.2) is 22.5 Å². The van der Waals surface area contributed by atoms with Gasteiger partial charge in [-0.3, -0.25) is 4.72 Å². The van der Waals surface area contributed by atoms with E-state index >= 15 is 0 Å². The van der Waals surface area contributed by atoms with Gasteiger partial charge in [-0.25, -0.2) is 8.42 Å². The summed E-state index contributed by atoms with van der Waals surface area (Å²) in [6.07, 6.45) is 0. The maximum Gasteiger partial charge on any atom is 0.265 e. The molecule has 2 rings (SSSR count). The lowest BCUT2D eigenvalue weighted by Crippen LogP contribution is -2.15. The van der Waals surface area contributed by atoms with E-state index in [1.54, 1.807) is 7.05 Å². The maximum atomic E-state index is 12.3. The van der Waals surface area contributed by atoms with Crippen LogP contribution in [0.3, 0.4) is 0 Å². The predicted molar refractivity (Wildman–Crippen MR) is 79.9 cm³/mol. The number of nitrogens with one attached hydrogen (secondary N) is 2. The average Bonchev–Trinajstić information content (AvgIpc) is 2.84. The minimum Gasteiger partial charge on any atom is -0.316 e. The molecular formula is C10H10Cl2N4O2S2. The third-order valence-corrected chi connectivity index (χ3v) is 5.23. The molecule has 0 atom stereocenters. The molecule has 0 aliphatic rings. The number of nitrogens with zero attached hydrogens (tertiary/aromatic N) is 2. The highest BCUT2D eigenvalue weighted by molar-refractivity contribution is 7.93. The Labute approximate surface area is 130 Å². The Kier molecular flexibility index (Phi) is 4.82. The van der Waals surface area contributed by atoms with Crippen molar-refractivity contribution in [2.45, 2.75) is 11.4 Å². The van der Waals surface area contributed by atoms with Crippen LogP contribution in [0.2, 0.25) is 10.0 Å². The highest BCUT2D eigenvalue weighted by Gasteiger charge is 2.21. The molecule has 0 amide bonds. The quantitative estimate of drug-likeness (QED) is 0.862. The molecule has 1 aromatic heterocycles. The molecule has 0 fully saturated rings. The second kappa shape index (κ2) is 6.23. The standard InChI is InChI=1S/C10H10Cl2N4O2S2/c1-13-4-6-2-9(8(12)3-7(6)11)20(17,18)16-10-15-14-5-19-10/h2-3,5,13H,4H2,1H3,(H,15,16). The zero-order valence-corrected chi connectivity index (χ0v) is 13.4. The Morgan fingerprint density at radius 1 is 1.30 bits per heavy atom. The molecule has 108 valence electrons. The molecule has 6 nitrogen and oxygen atoms in total. The molecule has 0 aliphatic carbocycles. The summed E-state index contributed by atoms with van der Waals surface area (Å²) >= 11 is 13.1. The van der Waals surface area contributed by atoms with Gasteiger partial charge in [0.05, 0.1) is 5.02 Å². The van der Waals surface area contributed by atoms with Gasteiger partial charge < -0.3 is 5.32 Å². The van der Waals surface area contributed by atoms with E-state index < -0.39 is 10.0 Å². The number of halogens is 2. The van der Waals surface area contributed by atoms with Gasteiger partial charge in [-0.15, -0.1) is 10.2 Å². The van der Waals surface area contributed by atoms with Crippen LogP contribution < -0.4 is 10.0 Å². The van der Waals surface area contributed by atoms with Gasteiger partial charge in [-0.1, -0.05) is 34.5 Å². The van der Waals surface area contributed by atoms with Gasteiger partial charge in [0.25, 0.3) is 10.0 Å². The summed E-state index contributed by atoms with van der Waals surface area (Å²) in [6.45, 7) is 0.428. The summed E-state index contributed by atoms with van der Waals surface area (Å²) in [5.41, 5.74) is 2.06. The van der Waals surface area contributed by atoms with Crippen molar-refractivity contribution in [2.24, 2.45) is 0 Å². The molecule has 10 heteroatoms. The first-order valence-electron chi connectivity index (χ1n) is 5.35. The zero-order chi connectivity index (χ0) is 14.8. The van der Waals surface area contributed by atoms with Gasteiger partial charge in [-0.05, 0) is 24.7 Å². The Morgan fingerprint density at radius 3 is 2.65 bits per heavy atom. The van der Waals surface area contributed by atoms with Crippen LogP contribution in [-0.4, -0.2) is 25.7 Å². The molecule has 20 heavy (non-hydrogen) atoms. The number of sulfonamides is 1. The fourth-order valence-electron chi connectivity index (χ4n) is 1.49. The van der Waals surface area contributed by atoms with Crippen molar-refractivity contribution in [1.29, 1.82) is 0 Å². The van der Waals surface area contributed by atoms with Crippen molar-refractivity contribution in [2.75, 3.05) is 11.8 Å². The molecule has 0 spiro atoms. The molecule has 2 N–H and O–H groups in total. The van der Waals surface area contributed by atoms with Crippen molar-refractivity contribution < 1.29 is 8.42 Å². The van der Waals surface area contributed by atoms with Crippen molar-refractivity contribution in [3.8, 4) is 0 Å². The minimum atomic E-state index is -3.83. The van der Waals surface area contributed by atoms with E-state index in [2.05, 4.69) is 20.2 Å². The largest absolute Gasteiger partial charge is 0.316 e. The van der Waals surface area contributed by atoms with E-state index in [9.17, 15) is 8.42 Å². The molecule has 0 saturated carbocycles. The van der Waals surface area contributed by atoms with E-state index in [0.717, 1.165) is 11.3 Å². The van der Waals surface area contributed by atoms with Gasteiger partial charge >= 0.3 is 0 Å². The summed E-state index contributed by atoms with van der Waals surface area (Å²) in [5.74, 6) is 0. The summed E-state index contributed by atoms with van der Waals surface area (Å²) in [7, 11) is -2.10. The first-order chi connectivity index (χ1) is 9.44. The highest BCUT2D eigenvalue weighted by Crippen LogP contribution is 2.30. The first-order valence-corrected chi connectivity index (χ1v) is 8.47. The van der Waals surface area contributed by atoms with E-state index in [4.69, 9.17) is 23.2 Å². The Bertz CT molecular complexity index is 704. The van der Waals surface area contributed by atoms with Crippen molar-refractivity contribution >= 4 is 49.7 Å². The monoisotopic (exact) mass is 352 g/mol. The number of rotatable bonds is 5. The Hall–Kier alpha value is -0.930. The van der Waals surface area contributed by atoms with Gasteiger partial charge in [0, 0.05) is 11.6 Å². The number of hydrogen-bond donors (Lipinski definition) is 2. The minimum absolute atomic E-state index is 0.0480. The van der Waals surface area contributed by atoms with Gasteiger partial charge in [-0.2, -0.15) is 0 Å². The molecule has 0 saturated heterocycles. The molecule has 1 aromatic carbocycles. The topological polar surface area (TPSA) is 84.0 Å². The van der Waals surface area contributed by atoms with Crippen LogP contribution in [0.5, 0.6) is 0 Å². The van der Waals surface area contributed by atoms with Gasteiger partial charge in [0.1, 0.15) is 10.4 Å². The maximum absolute atomic E-state index is 12.3. The molecule has 0 bridgehead atoms. The van der Waals surface area contributed by atoms with Crippen molar-refractivity contribution in [3.05, 3.63) is 33.3 Å². The fraction of sp³-hybridized carbons (Fsp3) is 0.200. The average molecular weight is 353 g/mol. The molecule has 1 heterocycles. The molecule has 0 unspecified atom stereocenters. The second-order valence-electron chi connectivity index (χ2n) is 3.75. The van der Waals surface area contributed by atoms with Crippen LogP contribution in [0, 0.1) is 0 Å². The van der Waals surface area contributed by atoms with E-state index in [1.807, 2.05) is 0 Å². The van der Waals surface area contributed by atoms with Gasteiger partial charge in [0.2, 0.25) is 5.13 Å². The third kappa shape index (κ3) is 3.39. The van der Waals surface area contributed by atoms with Crippen molar-refractivity contribution in [1.82, 2.24) is 15.5 Å². The summed E-state index contributed by atoms with van der Waals surface area (Å²) in [6, 6.07) is 2.84. The second-order valence-corrected chi connectivity index (χ2v) is 7.05. The Balaban J connectivity index is 2.43. The molecule has 2 aromatic rings. The van der Waals surface area contributed by atoms with Crippen LogP contribution >= 0.6 is 34.5 Å². The van der Waals surface area contributed by atoms with E-state index in [-0.39, 0.29) is 15.0 Å². The lowest BCUT2D eigenvalue weighted by atomic mass is 10.2. The van der Waals surface area contributed by atoms with Gasteiger partial charge in [0.15, 0.2) is 0 Å². The predicted octanol–water partition coefficient (Wildman–Crippen LogP) is 2.37. The molecule has 0 radical (unpaired) electrons. The number of hydrogen-bond acceptors (Lipinski definition) is 6. The molecule has 0 aliphatic heterocycles. The lowest BCUT2D eigenvalue weighted by molar-refractivity contribution is 0.601.